The standard InChI is InChI=1S/C26H31N5O2S/c1-26(2,3)33-25(32)31-15-13-30(14-16-31)18-21-11-9-20(10-12-21)17-27-29-24-28-23(19-34-24)22-7-5-4-6-8-22/h4-12,17,19H,13-16,18H2,1-3H3,(H,28,29). The molecule has 4 rings (SSSR count). The van der Waals surface area contributed by atoms with E-state index in [0.29, 0.717) is 13.1 Å². The number of benzene rings is 2. The zero-order valence-electron chi connectivity index (χ0n) is 19.9. The SMILES string of the molecule is CC(C)(C)OC(=O)N1CCN(Cc2ccc(C=NNc3nc(-c4ccccc4)cs3)cc2)CC1. The number of carbonyl (C=O) groups excluding carboxylic acids is 1. The van der Waals surface area contributed by atoms with Gasteiger partial charge in [-0.1, -0.05) is 54.6 Å². The Labute approximate surface area is 205 Å². The molecule has 1 aliphatic heterocycles. The monoisotopic (exact) mass is 477 g/mol. The van der Waals surface area contributed by atoms with Crippen molar-refractivity contribution in [1.82, 2.24) is 14.8 Å². The summed E-state index contributed by atoms with van der Waals surface area (Å²) in [4.78, 5) is 21.0. The Balaban J connectivity index is 1.23. The Morgan fingerprint density at radius 2 is 1.79 bits per heavy atom. The summed E-state index contributed by atoms with van der Waals surface area (Å²) < 4.78 is 5.47. The molecule has 0 unspecified atom stereocenters. The lowest BCUT2D eigenvalue weighted by Crippen LogP contribution is -2.49. The molecule has 1 aromatic heterocycles. The summed E-state index contributed by atoms with van der Waals surface area (Å²) in [5.74, 6) is 0. The van der Waals surface area contributed by atoms with E-state index in [9.17, 15) is 4.79 Å². The number of carbonyl (C=O) groups is 1. The van der Waals surface area contributed by atoms with Crippen LogP contribution < -0.4 is 5.43 Å². The molecule has 1 amide bonds. The second-order valence-electron chi connectivity index (χ2n) is 9.26. The van der Waals surface area contributed by atoms with Crippen LogP contribution in [0.3, 0.4) is 0 Å². The number of nitrogens with one attached hydrogen (secondary N) is 1. The minimum atomic E-state index is -0.458. The van der Waals surface area contributed by atoms with E-state index in [1.54, 1.807) is 11.1 Å². The summed E-state index contributed by atoms with van der Waals surface area (Å²) >= 11 is 1.53. The van der Waals surface area contributed by atoms with E-state index in [0.717, 1.165) is 41.6 Å². The van der Waals surface area contributed by atoms with Gasteiger partial charge in [0.1, 0.15) is 5.60 Å². The van der Waals surface area contributed by atoms with Crippen molar-refractivity contribution >= 4 is 28.8 Å². The number of ether oxygens (including phenoxy) is 1. The lowest BCUT2D eigenvalue weighted by Gasteiger charge is -2.35. The number of thiazole rings is 1. The Bertz CT molecular complexity index is 1100. The molecular weight excluding hydrogens is 446 g/mol. The first-order valence-electron chi connectivity index (χ1n) is 11.4. The summed E-state index contributed by atoms with van der Waals surface area (Å²) in [6, 6.07) is 18.5. The summed E-state index contributed by atoms with van der Waals surface area (Å²) in [7, 11) is 0. The zero-order chi connectivity index (χ0) is 24.0. The first-order valence-corrected chi connectivity index (χ1v) is 12.3. The van der Waals surface area contributed by atoms with Crippen LogP contribution in [0.2, 0.25) is 0 Å². The van der Waals surface area contributed by atoms with Crippen LogP contribution in [-0.4, -0.2) is 58.9 Å². The fraction of sp³-hybridized carbons (Fsp3) is 0.346. The third-order valence-corrected chi connectivity index (χ3v) is 6.10. The van der Waals surface area contributed by atoms with E-state index in [4.69, 9.17) is 4.74 Å². The second kappa shape index (κ2) is 10.8. The van der Waals surface area contributed by atoms with Gasteiger partial charge in [0.15, 0.2) is 0 Å². The maximum absolute atomic E-state index is 12.2. The molecule has 0 saturated carbocycles. The number of hydrazone groups is 1. The Morgan fingerprint density at radius 3 is 2.47 bits per heavy atom. The number of anilines is 1. The molecule has 0 bridgehead atoms. The second-order valence-corrected chi connectivity index (χ2v) is 10.1. The fourth-order valence-electron chi connectivity index (χ4n) is 3.61. The van der Waals surface area contributed by atoms with Gasteiger partial charge in [0.2, 0.25) is 5.13 Å². The number of hydrogen-bond donors (Lipinski definition) is 1. The quantitative estimate of drug-likeness (QED) is 0.385. The number of aromatic nitrogens is 1. The largest absolute Gasteiger partial charge is 0.444 e. The predicted molar refractivity (Wildman–Crippen MR) is 138 cm³/mol. The summed E-state index contributed by atoms with van der Waals surface area (Å²) in [5.41, 5.74) is 6.86. The minimum Gasteiger partial charge on any atom is -0.444 e. The van der Waals surface area contributed by atoms with Crippen molar-refractivity contribution in [3.63, 3.8) is 0 Å². The van der Waals surface area contributed by atoms with E-state index in [2.05, 4.69) is 44.7 Å². The lowest BCUT2D eigenvalue weighted by molar-refractivity contribution is 0.0139. The normalized spacial score (nSPS) is 15.0. The van der Waals surface area contributed by atoms with Gasteiger partial charge in [-0.2, -0.15) is 5.10 Å². The molecule has 3 aromatic rings. The molecule has 0 spiro atoms. The van der Waals surface area contributed by atoms with Crippen LogP contribution in [0.5, 0.6) is 0 Å². The molecule has 8 heteroatoms. The third-order valence-electron chi connectivity index (χ3n) is 5.36. The van der Waals surface area contributed by atoms with Gasteiger partial charge in [0.25, 0.3) is 0 Å². The van der Waals surface area contributed by atoms with Gasteiger partial charge in [-0.05, 0) is 31.9 Å². The average Bonchev–Trinajstić information content (AvgIpc) is 3.29. The van der Waals surface area contributed by atoms with Crippen molar-refractivity contribution in [2.75, 3.05) is 31.6 Å². The molecule has 0 radical (unpaired) electrons. The number of rotatable bonds is 6. The molecule has 0 atom stereocenters. The highest BCUT2D eigenvalue weighted by Gasteiger charge is 2.25. The number of piperazine rings is 1. The highest BCUT2D eigenvalue weighted by molar-refractivity contribution is 7.14. The van der Waals surface area contributed by atoms with Crippen LogP contribution in [0.4, 0.5) is 9.93 Å². The smallest absolute Gasteiger partial charge is 0.410 e. The molecule has 2 heterocycles. The topological polar surface area (TPSA) is 70.1 Å². The van der Waals surface area contributed by atoms with E-state index in [1.165, 1.54) is 16.9 Å². The molecule has 34 heavy (non-hydrogen) atoms. The minimum absolute atomic E-state index is 0.224. The highest BCUT2D eigenvalue weighted by Crippen LogP contribution is 2.24. The first-order chi connectivity index (χ1) is 16.4. The van der Waals surface area contributed by atoms with Crippen LogP contribution in [-0.2, 0) is 11.3 Å². The van der Waals surface area contributed by atoms with Crippen LogP contribution >= 0.6 is 11.3 Å². The molecule has 7 nitrogen and oxygen atoms in total. The molecule has 1 saturated heterocycles. The zero-order valence-corrected chi connectivity index (χ0v) is 20.7. The van der Waals surface area contributed by atoms with Gasteiger partial charge in [0.05, 0.1) is 11.9 Å². The van der Waals surface area contributed by atoms with Crippen molar-refractivity contribution in [2.45, 2.75) is 32.9 Å². The van der Waals surface area contributed by atoms with Gasteiger partial charge in [-0.15, -0.1) is 11.3 Å². The maximum Gasteiger partial charge on any atom is 0.410 e. The van der Waals surface area contributed by atoms with Gasteiger partial charge in [-0.3, -0.25) is 10.3 Å². The van der Waals surface area contributed by atoms with Crippen LogP contribution in [0.15, 0.2) is 65.1 Å². The van der Waals surface area contributed by atoms with E-state index < -0.39 is 5.60 Å². The van der Waals surface area contributed by atoms with Gasteiger partial charge in [-0.25, -0.2) is 9.78 Å². The van der Waals surface area contributed by atoms with Gasteiger partial charge in [0, 0.05) is 43.7 Å². The molecule has 2 aromatic carbocycles. The fourth-order valence-corrected chi connectivity index (χ4v) is 4.28. The van der Waals surface area contributed by atoms with E-state index in [1.807, 2.05) is 56.5 Å². The van der Waals surface area contributed by atoms with Gasteiger partial charge < -0.3 is 9.64 Å². The number of amides is 1. The lowest BCUT2D eigenvalue weighted by atomic mass is 10.1. The van der Waals surface area contributed by atoms with Crippen molar-refractivity contribution in [3.8, 4) is 11.3 Å². The summed E-state index contributed by atoms with van der Waals surface area (Å²) in [5, 5.41) is 7.11. The molecule has 1 N–H and O–H groups in total. The predicted octanol–water partition coefficient (Wildman–Crippen LogP) is 5.31. The summed E-state index contributed by atoms with van der Waals surface area (Å²) in [6.45, 7) is 9.60. The summed E-state index contributed by atoms with van der Waals surface area (Å²) in [6.07, 6.45) is 1.57. The van der Waals surface area contributed by atoms with E-state index >= 15 is 0 Å². The number of nitrogens with zero attached hydrogens (tertiary/aromatic N) is 4. The molecule has 0 aliphatic carbocycles. The van der Waals surface area contributed by atoms with E-state index in [-0.39, 0.29) is 6.09 Å². The molecular formula is C26H31N5O2S. The van der Waals surface area contributed by atoms with Crippen LogP contribution in [0.1, 0.15) is 31.9 Å². The molecule has 1 fully saturated rings. The van der Waals surface area contributed by atoms with Gasteiger partial charge >= 0.3 is 6.09 Å². The van der Waals surface area contributed by atoms with Crippen LogP contribution in [0.25, 0.3) is 11.3 Å². The third kappa shape index (κ3) is 6.88. The Kier molecular flexibility index (Phi) is 7.59. The molecule has 178 valence electrons. The maximum atomic E-state index is 12.2. The molecule has 1 aliphatic rings. The number of hydrogen-bond acceptors (Lipinski definition) is 7. The van der Waals surface area contributed by atoms with Crippen molar-refractivity contribution in [2.24, 2.45) is 5.10 Å². The average molecular weight is 478 g/mol. The van der Waals surface area contributed by atoms with Crippen molar-refractivity contribution < 1.29 is 9.53 Å². The van der Waals surface area contributed by atoms with Crippen molar-refractivity contribution in [1.29, 1.82) is 0 Å². The highest BCUT2D eigenvalue weighted by atomic mass is 32.1. The Morgan fingerprint density at radius 1 is 1.09 bits per heavy atom. The Hall–Kier alpha value is -3.23. The van der Waals surface area contributed by atoms with Crippen molar-refractivity contribution in [3.05, 3.63) is 71.1 Å². The van der Waals surface area contributed by atoms with Crippen LogP contribution in [0, 0.1) is 0 Å². The first kappa shape index (κ1) is 23.9.